The summed E-state index contributed by atoms with van der Waals surface area (Å²) in [7, 11) is 3.66. The lowest BCUT2D eigenvalue weighted by molar-refractivity contribution is 0.151. The van der Waals surface area contributed by atoms with E-state index in [-0.39, 0.29) is 6.03 Å². The molecule has 0 bridgehead atoms. The van der Waals surface area contributed by atoms with Gasteiger partial charge in [-0.05, 0) is 31.9 Å². The number of hydrogen-bond donors (Lipinski definition) is 1. The summed E-state index contributed by atoms with van der Waals surface area (Å²) >= 11 is 2.00. The lowest BCUT2D eigenvalue weighted by Crippen LogP contribution is -2.50. The Hall–Kier alpha value is -0.420. The van der Waals surface area contributed by atoms with Crippen molar-refractivity contribution in [3.63, 3.8) is 0 Å². The predicted molar refractivity (Wildman–Crippen MR) is 81.8 cm³/mol. The molecule has 0 aromatic carbocycles. The molecule has 2 unspecified atom stereocenters. The summed E-state index contributed by atoms with van der Waals surface area (Å²) in [6.45, 7) is 1.79. The van der Waals surface area contributed by atoms with Crippen LogP contribution in [0.25, 0.3) is 0 Å². The highest BCUT2D eigenvalue weighted by atomic mass is 32.2. The van der Waals surface area contributed by atoms with Crippen molar-refractivity contribution in [2.75, 3.05) is 33.4 Å². The van der Waals surface area contributed by atoms with E-state index >= 15 is 0 Å². The first-order chi connectivity index (χ1) is 9.11. The van der Waals surface area contributed by atoms with Gasteiger partial charge in [0, 0.05) is 44.5 Å². The molecule has 1 heterocycles. The Balaban J connectivity index is 1.76. The normalized spacial score (nSPS) is 28.7. The van der Waals surface area contributed by atoms with E-state index in [9.17, 15) is 4.79 Å². The van der Waals surface area contributed by atoms with Crippen molar-refractivity contribution in [2.45, 2.75) is 49.4 Å². The molecule has 0 aromatic heterocycles. The van der Waals surface area contributed by atoms with Crippen LogP contribution in [0.2, 0.25) is 0 Å². The third-order valence-corrected chi connectivity index (χ3v) is 5.52. The smallest absolute Gasteiger partial charge is 0.319 e. The molecule has 1 aliphatic carbocycles. The van der Waals surface area contributed by atoms with Crippen molar-refractivity contribution in [1.82, 2.24) is 15.1 Å². The number of piperidine rings is 1. The van der Waals surface area contributed by atoms with Gasteiger partial charge in [-0.3, -0.25) is 0 Å². The Bertz CT molecular complexity index is 303. The van der Waals surface area contributed by atoms with Crippen molar-refractivity contribution in [3.05, 3.63) is 0 Å². The number of amides is 2. The number of likely N-dealkylation sites (tertiary alicyclic amines) is 1. The van der Waals surface area contributed by atoms with E-state index in [1.807, 2.05) is 30.8 Å². The van der Waals surface area contributed by atoms with Crippen LogP contribution >= 0.6 is 11.8 Å². The predicted octanol–water partition coefficient (Wildman–Crippen LogP) is 2.01. The molecule has 2 rings (SSSR count). The molecule has 2 atom stereocenters. The van der Waals surface area contributed by atoms with E-state index in [2.05, 4.69) is 11.6 Å². The SMILES string of the molecule is CSC1CCCC1NC1CCN(C(=O)N(C)C)CC1. The Morgan fingerprint density at radius 3 is 2.47 bits per heavy atom. The summed E-state index contributed by atoms with van der Waals surface area (Å²) in [5, 5.41) is 4.63. The molecule has 0 radical (unpaired) electrons. The van der Waals surface area contributed by atoms with Crippen molar-refractivity contribution in [3.8, 4) is 0 Å². The number of urea groups is 1. The quantitative estimate of drug-likeness (QED) is 0.861. The number of hydrogen-bond acceptors (Lipinski definition) is 3. The second-order valence-corrected chi connectivity index (χ2v) is 6.99. The molecular weight excluding hydrogens is 258 g/mol. The Labute approximate surface area is 121 Å². The van der Waals surface area contributed by atoms with E-state index < -0.39 is 0 Å². The van der Waals surface area contributed by atoms with Gasteiger partial charge in [0.1, 0.15) is 0 Å². The average molecular weight is 285 g/mol. The number of nitrogens with one attached hydrogen (secondary N) is 1. The molecule has 4 nitrogen and oxygen atoms in total. The molecule has 5 heteroatoms. The minimum atomic E-state index is 0.154. The number of nitrogens with zero attached hydrogens (tertiary/aromatic N) is 2. The average Bonchev–Trinajstić information content (AvgIpc) is 2.86. The molecule has 2 fully saturated rings. The maximum absolute atomic E-state index is 11.9. The highest BCUT2D eigenvalue weighted by molar-refractivity contribution is 7.99. The van der Waals surface area contributed by atoms with Crippen molar-refractivity contribution in [1.29, 1.82) is 0 Å². The van der Waals surface area contributed by atoms with Gasteiger partial charge in [0.15, 0.2) is 0 Å². The van der Waals surface area contributed by atoms with Crippen LogP contribution in [0, 0.1) is 0 Å². The summed E-state index contributed by atoms with van der Waals surface area (Å²) < 4.78 is 0. The minimum Gasteiger partial charge on any atom is -0.331 e. The van der Waals surface area contributed by atoms with Crippen LogP contribution in [-0.2, 0) is 0 Å². The van der Waals surface area contributed by atoms with Crippen molar-refractivity contribution in [2.24, 2.45) is 0 Å². The number of carbonyl (C=O) groups is 1. The molecule has 1 saturated carbocycles. The van der Waals surface area contributed by atoms with Gasteiger partial charge in [-0.15, -0.1) is 0 Å². The largest absolute Gasteiger partial charge is 0.331 e. The molecule has 1 saturated heterocycles. The Morgan fingerprint density at radius 2 is 1.89 bits per heavy atom. The van der Waals surface area contributed by atoms with E-state index in [0.29, 0.717) is 12.1 Å². The molecule has 1 aliphatic heterocycles. The van der Waals surface area contributed by atoms with Gasteiger partial charge in [-0.1, -0.05) is 6.42 Å². The van der Waals surface area contributed by atoms with Crippen LogP contribution in [0.4, 0.5) is 4.79 Å². The van der Waals surface area contributed by atoms with Crippen molar-refractivity contribution < 1.29 is 4.79 Å². The van der Waals surface area contributed by atoms with Crippen LogP contribution in [0.5, 0.6) is 0 Å². The fourth-order valence-electron chi connectivity index (χ4n) is 3.22. The second kappa shape index (κ2) is 6.84. The summed E-state index contributed by atoms with van der Waals surface area (Å²) in [5.41, 5.74) is 0. The fourth-order valence-corrected chi connectivity index (χ4v) is 4.17. The van der Waals surface area contributed by atoms with Gasteiger partial charge in [0.25, 0.3) is 0 Å². The number of rotatable bonds is 3. The molecule has 2 aliphatic rings. The first-order valence-electron chi connectivity index (χ1n) is 7.37. The second-order valence-electron chi connectivity index (χ2n) is 5.92. The van der Waals surface area contributed by atoms with Crippen LogP contribution in [-0.4, -0.2) is 66.6 Å². The van der Waals surface area contributed by atoms with Gasteiger partial charge in [0.2, 0.25) is 0 Å². The topological polar surface area (TPSA) is 35.6 Å². The standard InChI is InChI=1S/C14H27N3OS/c1-16(2)14(18)17-9-7-11(8-10-17)15-12-5-4-6-13(12)19-3/h11-13,15H,4-10H2,1-3H3. The van der Waals surface area contributed by atoms with Crippen LogP contribution < -0.4 is 5.32 Å². The third kappa shape index (κ3) is 3.78. The Morgan fingerprint density at radius 1 is 1.21 bits per heavy atom. The van der Waals surface area contributed by atoms with E-state index in [1.165, 1.54) is 19.3 Å². The number of thioether (sulfide) groups is 1. The van der Waals surface area contributed by atoms with Gasteiger partial charge >= 0.3 is 6.03 Å². The van der Waals surface area contributed by atoms with E-state index in [0.717, 1.165) is 31.2 Å². The van der Waals surface area contributed by atoms with Crippen LogP contribution in [0.15, 0.2) is 0 Å². The molecular formula is C14H27N3OS. The van der Waals surface area contributed by atoms with Crippen LogP contribution in [0.1, 0.15) is 32.1 Å². The lowest BCUT2D eigenvalue weighted by Gasteiger charge is -2.36. The summed E-state index contributed by atoms with van der Waals surface area (Å²) in [5.74, 6) is 0. The summed E-state index contributed by atoms with van der Waals surface area (Å²) in [6, 6.07) is 1.45. The maximum Gasteiger partial charge on any atom is 0.319 e. The molecule has 19 heavy (non-hydrogen) atoms. The van der Waals surface area contributed by atoms with E-state index in [4.69, 9.17) is 0 Å². The molecule has 2 amide bonds. The molecule has 0 aromatic rings. The van der Waals surface area contributed by atoms with Gasteiger partial charge < -0.3 is 15.1 Å². The minimum absolute atomic E-state index is 0.154. The summed E-state index contributed by atoms with van der Waals surface area (Å²) in [4.78, 5) is 15.5. The molecule has 0 spiro atoms. The first kappa shape index (κ1) is 15.0. The Kier molecular flexibility index (Phi) is 5.39. The zero-order valence-electron chi connectivity index (χ0n) is 12.4. The fraction of sp³-hybridized carbons (Fsp3) is 0.929. The maximum atomic E-state index is 11.9. The summed E-state index contributed by atoms with van der Waals surface area (Å²) in [6.07, 6.45) is 8.46. The highest BCUT2D eigenvalue weighted by Gasteiger charge is 2.30. The number of carbonyl (C=O) groups excluding carboxylic acids is 1. The van der Waals surface area contributed by atoms with Crippen molar-refractivity contribution >= 4 is 17.8 Å². The molecule has 110 valence electrons. The van der Waals surface area contributed by atoms with Gasteiger partial charge in [-0.25, -0.2) is 4.79 Å². The van der Waals surface area contributed by atoms with E-state index in [1.54, 1.807) is 4.90 Å². The zero-order chi connectivity index (χ0) is 13.8. The highest BCUT2D eigenvalue weighted by Crippen LogP contribution is 2.29. The zero-order valence-corrected chi connectivity index (χ0v) is 13.2. The lowest BCUT2D eigenvalue weighted by atomic mass is 10.0. The van der Waals surface area contributed by atoms with Crippen LogP contribution in [0.3, 0.4) is 0 Å². The van der Waals surface area contributed by atoms with Gasteiger partial charge in [0.05, 0.1) is 0 Å². The monoisotopic (exact) mass is 285 g/mol. The molecule has 1 N–H and O–H groups in total. The first-order valence-corrected chi connectivity index (χ1v) is 8.65. The van der Waals surface area contributed by atoms with Gasteiger partial charge in [-0.2, -0.15) is 11.8 Å². The third-order valence-electron chi connectivity index (χ3n) is 4.35.